The van der Waals surface area contributed by atoms with Crippen LogP contribution in [-0.2, 0) is 23.2 Å². The molecule has 0 N–H and O–H groups in total. The van der Waals surface area contributed by atoms with Crippen molar-refractivity contribution in [2.24, 2.45) is 5.92 Å². The van der Waals surface area contributed by atoms with Crippen molar-refractivity contribution in [3.63, 3.8) is 0 Å². The van der Waals surface area contributed by atoms with Crippen LogP contribution in [0.4, 0.5) is 0 Å². The maximum Gasteiger partial charge on any atom is -0.147 e. The Morgan fingerprint density at radius 1 is 0.737 bits per heavy atom. The first-order valence-electron chi connectivity index (χ1n) is 12.7. The molecule has 0 aliphatic heterocycles. The average Bonchev–Trinajstić information content (AvgIpc) is 3.06. The number of hydrogen-bond donors (Lipinski definition) is 0. The van der Waals surface area contributed by atoms with Gasteiger partial charge in [-0.15, -0.1) is 24.8 Å². The minimum absolute atomic E-state index is 0. The van der Waals surface area contributed by atoms with Crippen LogP contribution in [0, 0.1) is 5.92 Å². The molecule has 0 saturated carbocycles. The van der Waals surface area contributed by atoms with Crippen molar-refractivity contribution in [2.75, 3.05) is 7.11 Å². The molecule has 0 saturated heterocycles. The van der Waals surface area contributed by atoms with E-state index in [0.29, 0.717) is 5.92 Å². The number of halogens is 2. The SMILES string of the molecule is COc1cc([O][Ti]([C]2=C(C)C(C)=C(C)C2C)=[C](c2ccccc2)c2ccccc2)cc(C(C)(C)C)c1.Cl.Cl. The smallest absolute Gasteiger partial charge is 0.147 e. The fourth-order valence-corrected chi connectivity index (χ4v) is 9.33. The third-order valence-corrected chi connectivity index (χ3v) is 11.8. The molecule has 202 valence electrons. The molecule has 38 heavy (non-hydrogen) atoms. The number of ether oxygens (including phenoxy) is 1. The quantitative estimate of drug-likeness (QED) is 0.268. The summed E-state index contributed by atoms with van der Waals surface area (Å²) in [6.45, 7) is 15.9. The van der Waals surface area contributed by atoms with Gasteiger partial charge in [0, 0.05) is 0 Å². The maximum atomic E-state index is 7.25. The van der Waals surface area contributed by atoms with Crippen molar-refractivity contribution in [3.8, 4) is 11.5 Å². The molecule has 1 aliphatic rings. The number of methoxy groups -OCH3 is 1. The fraction of sp³-hybridized carbons (Fsp3) is 0.303. The molecule has 0 amide bonds. The van der Waals surface area contributed by atoms with Crippen molar-refractivity contribution in [1.82, 2.24) is 0 Å². The zero-order valence-electron chi connectivity index (χ0n) is 23.7. The summed E-state index contributed by atoms with van der Waals surface area (Å²) < 4.78 is 15.8. The van der Waals surface area contributed by atoms with Crippen molar-refractivity contribution in [3.05, 3.63) is 116 Å². The van der Waals surface area contributed by atoms with E-state index < -0.39 is 17.8 Å². The molecule has 0 aromatic heterocycles. The zero-order chi connectivity index (χ0) is 26.0. The summed E-state index contributed by atoms with van der Waals surface area (Å²) in [5.74, 6) is 2.11. The van der Waals surface area contributed by atoms with Crippen LogP contribution in [0.1, 0.15) is 65.2 Å². The molecule has 0 spiro atoms. The van der Waals surface area contributed by atoms with Gasteiger partial charge in [0.2, 0.25) is 0 Å². The molecule has 0 fully saturated rings. The largest absolute Gasteiger partial charge is 0.147 e. The minimum Gasteiger partial charge on any atom is -0.147 e. The number of benzene rings is 3. The molecule has 0 heterocycles. The minimum atomic E-state index is -2.57. The molecule has 1 atom stereocenters. The van der Waals surface area contributed by atoms with E-state index in [2.05, 4.69) is 127 Å². The van der Waals surface area contributed by atoms with Gasteiger partial charge in [0.1, 0.15) is 0 Å². The Morgan fingerprint density at radius 3 is 1.66 bits per heavy atom. The van der Waals surface area contributed by atoms with Gasteiger partial charge in [0.25, 0.3) is 0 Å². The third-order valence-electron chi connectivity index (χ3n) is 7.44. The van der Waals surface area contributed by atoms with E-state index in [1.165, 1.54) is 41.1 Å². The molecule has 4 rings (SSSR count). The second-order valence-electron chi connectivity index (χ2n) is 10.8. The molecule has 0 radical (unpaired) electrons. The van der Waals surface area contributed by atoms with Crippen LogP contribution in [0.2, 0.25) is 0 Å². The summed E-state index contributed by atoms with van der Waals surface area (Å²) in [5.41, 5.74) is 7.96. The van der Waals surface area contributed by atoms with Crippen LogP contribution in [0.15, 0.2) is 99.5 Å². The monoisotopic (exact) mass is 586 g/mol. The topological polar surface area (TPSA) is 18.5 Å². The van der Waals surface area contributed by atoms with E-state index in [0.717, 1.165) is 11.5 Å². The molecular weight excluding hydrogens is 547 g/mol. The first-order valence-corrected chi connectivity index (χ1v) is 14.9. The van der Waals surface area contributed by atoms with E-state index in [-0.39, 0.29) is 30.2 Å². The maximum absolute atomic E-state index is 7.25. The van der Waals surface area contributed by atoms with Gasteiger partial charge in [-0.25, -0.2) is 0 Å². The number of hydrogen-bond acceptors (Lipinski definition) is 2. The fourth-order valence-electron chi connectivity index (χ4n) is 4.91. The van der Waals surface area contributed by atoms with E-state index in [9.17, 15) is 0 Å². The van der Waals surface area contributed by atoms with E-state index in [1.54, 1.807) is 7.11 Å². The van der Waals surface area contributed by atoms with Crippen LogP contribution >= 0.6 is 24.8 Å². The van der Waals surface area contributed by atoms with Crippen LogP contribution in [0.5, 0.6) is 11.5 Å². The van der Waals surface area contributed by atoms with Gasteiger partial charge in [-0.3, -0.25) is 0 Å². The van der Waals surface area contributed by atoms with Crippen molar-refractivity contribution in [2.45, 2.75) is 53.9 Å². The average molecular weight is 587 g/mol. The molecule has 3 aromatic rings. The van der Waals surface area contributed by atoms with Crippen LogP contribution in [-0.4, -0.2) is 10.9 Å². The van der Waals surface area contributed by atoms with Gasteiger partial charge in [0.05, 0.1) is 0 Å². The van der Waals surface area contributed by atoms with Crippen LogP contribution in [0.3, 0.4) is 0 Å². The second-order valence-corrected chi connectivity index (χ2v) is 13.7. The summed E-state index contributed by atoms with van der Waals surface area (Å²) >= 11 is -2.57. The molecular formula is C33H40Cl2O2Ti. The van der Waals surface area contributed by atoms with Crippen LogP contribution in [0.25, 0.3) is 0 Å². The Morgan fingerprint density at radius 2 is 1.24 bits per heavy atom. The van der Waals surface area contributed by atoms with Gasteiger partial charge >= 0.3 is 224 Å². The summed E-state index contributed by atoms with van der Waals surface area (Å²) in [5, 5.41) is 0. The molecule has 3 aromatic carbocycles. The molecule has 1 aliphatic carbocycles. The predicted octanol–water partition coefficient (Wildman–Crippen LogP) is 9.28. The summed E-state index contributed by atoms with van der Waals surface area (Å²) in [7, 11) is 1.73. The summed E-state index contributed by atoms with van der Waals surface area (Å²) in [6.07, 6.45) is 0. The second kappa shape index (κ2) is 13.3. The molecule has 5 heteroatoms. The van der Waals surface area contributed by atoms with Crippen molar-refractivity contribution < 1.29 is 25.9 Å². The summed E-state index contributed by atoms with van der Waals surface area (Å²) in [4.78, 5) is 0. The van der Waals surface area contributed by atoms with Gasteiger partial charge in [-0.05, 0) is 0 Å². The standard InChI is InChI=1S/C13H10.C11H16O2.C9H13.2ClH.Ti/c1-3-7-12(8-4-1)11-13-9-5-2-6-10-13;1-11(2,3)8-5-9(12)7-10(6-8)13-4;1-6-5-7(2)9(4)8(6)3;;;/h1-10H;5-7,12H,1-4H3;6H,1-4H3;2*1H;/q;;;;;+1/p-1. The Hall–Kier alpha value is -2.10. The van der Waals surface area contributed by atoms with Gasteiger partial charge < -0.3 is 0 Å². The van der Waals surface area contributed by atoms with E-state index >= 15 is 0 Å². The molecule has 2 nitrogen and oxygen atoms in total. The predicted molar refractivity (Wildman–Crippen MR) is 163 cm³/mol. The Kier molecular flexibility index (Phi) is 11.2. The van der Waals surface area contributed by atoms with Crippen molar-refractivity contribution >= 4 is 28.6 Å². The Labute approximate surface area is 247 Å². The van der Waals surface area contributed by atoms with Gasteiger partial charge in [0.15, 0.2) is 0 Å². The Bertz CT molecular complexity index is 1310. The first-order chi connectivity index (χ1) is 17.1. The van der Waals surface area contributed by atoms with Gasteiger partial charge in [-0.2, -0.15) is 0 Å². The zero-order valence-corrected chi connectivity index (χ0v) is 26.9. The van der Waals surface area contributed by atoms with Crippen molar-refractivity contribution in [1.29, 1.82) is 0 Å². The number of allylic oxidation sites excluding steroid dienone is 4. The Balaban J connectivity index is 0.00000253. The molecule has 0 bridgehead atoms. The van der Waals surface area contributed by atoms with Gasteiger partial charge in [-0.1, -0.05) is 0 Å². The third kappa shape index (κ3) is 6.72. The normalized spacial score (nSPS) is 15.0. The first kappa shape index (κ1) is 32.1. The molecule has 1 unspecified atom stereocenters. The van der Waals surface area contributed by atoms with E-state index in [4.69, 9.17) is 8.06 Å². The van der Waals surface area contributed by atoms with E-state index in [1.807, 2.05) is 0 Å². The van der Waals surface area contributed by atoms with Crippen LogP contribution < -0.4 is 8.06 Å². The number of rotatable bonds is 6. The summed E-state index contributed by atoms with van der Waals surface area (Å²) in [6, 6.07) is 28.0.